The van der Waals surface area contributed by atoms with E-state index in [4.69, 9.17) is 0 Å². The number of aliphatic hydroxyl groups excluding tert-OH is 1. The van der Waals surface area contributed by atoms with E-state index < -0.39 is 6.10 Å². The zero-order valence-electron chi connectivity index (χ0n) is 15.0. The lowest BCUT2D eigenvalue weighted by molar-refractivity contribution is 0.0918. The maximum Gasteiger partial charge on any atom is 0.251 e. The molecule has 0 radical (unpaired) electrons. The number of aryl methyl sites for hydroxylation is 2. The highest BCUT2D eigenvalue weighted by atomic mass is 16.3. The first-order valence-corrected chi connectivity index (χ1v) is 8.88. The standard InChI is InChI=1S/C19H23N5O2/c1-23-7-6-14-15(4-3-5-16(14)23)19(26)20-10-13-8-12(9-17(13)25)18-22-21-11-24(18)2/h3-7,11-13,17,25H,8-10H2,1-2H3,(H,20,26)/t12-,13+,17+/m0/s1. The van der Waals surface area contributed by atoms with Gasteiger partial charge < -0.3 is 19.6 Å². The molecule has 3 atom stereocenters. The summed E-state index contributed by atoms with van der Waals surface area (Å²) in [5, 5.41) is 22.4. The van der Waals surface area contributed by atoms with Gasteiger partial charge in [-0.1, -0.05) is 6.07 Å². The van der Waals surface area contributed by atoms with Crippen molar-refractivity contribution in [2.75, 3.05) is 6.54 Å². The molecule has 26 heavy (non-hydrogen) atoms. The highest BCUT2D eigenvalue weighted by Crippen LogP contribution is 2.37. The molecule has 1 saturated carbocycles. The molecule has 7 heteroatoms. The normalized spacial score (nSPS) is 22.8. The Bertz CT molecular complexity index is 944. The maximum atomic E-state index is 12.7. The molecule has 0 aliphatic heterocycles. The Morgan fingerprint density at radius 2 is 2.12 bits per heavy atom. The Kier molecular flexibility index (Phi) is 4.24. The van der Waals surface area contributed by atoms with Crippen molar-refractivity contribution < 1.29 is 9.90 Å². The number of carbonyl (C=O) groups is 1. The molecular formula is C19H23N5O2. The zero-order valence-corrected chi connectivity index (χ0v) is 15.0. The Morgan fingerprint density at radius 1 is 1.27 bits per heavy atom. The lowest BCUT2D eigenvalue weighted by atomic mass is 10.0. The monoisotopic (exact) mass is 353 g/mol. The predicted molar refractivity (Wildman–Crippen MR) is 97.7 cm³/mol. The maximum absolute atomic E-state index is 12.7. The summed E-state index contributed by atoms with van der Waals surface area (Å²) < 4.78 is 3.90. The number of hydrogen-bond acceptors (Lipinski definition) is 4. The summed E-state index contributed by atoms with van der Waals surface area (Å²) in [6, 6.07) is 7.69. The third kappa shape index (κ3) is 2.88. The van der Waals surface area contributed by atoms with Crippen LogP contribution in [0.3, 0.4) is 0 Å². The number of aliphatic hydroxyl groups is 1. The quantitative estimate of drug-likeness (QED) is 0.746. The summed E-state index contributed by atoms with van der Waals surface area (Å²) in [4.78, 5) is 12.7. The van der Waals surface area contributed by atoms with Crippen LogP contribution < -0.4 is 5.32 Å². The molecule has 1 amide bonds. The molecule has 0 saturated heterocycles. The largest absolute Gasteiger partial charge is 0.393 e. The van der Waals surface area contributed by atoms with E-state index in [2.05, 4.69) is 15.5 Å². The van der Waals surface area contributed by atoms with Crippen molar-refractivity contribution in [1.82, 2.24) is 24.6 Å². The fourth-order valence-electron chi connectivity index (χ4n) is 4.01. The first kappa shape index (κ1) is 16.8. The lowest BCUT2D eigenvalue weighted by Gasteiger charge is -2.15. The highest BCUT2D eigenvalue weighted by molar-refractivity contribution is 6.06. The minimum atomic E-state index is -0.440. The molecule has 4 rings (SSSR count). The van der Waals surface area contributed by atoms with Gasteiger partial charge in [0.2, 0.25) is 0 Å². The molecule has 0 unspecified atom stereocenters. The van der Waals surface area contributed by atoms with Crippen molar-refractivity contribution in [3.8, 4) is 0 Å². The van der Waals surface area contributed by atoms with E-state index in [0.717, 1.165) is 23.1 Å². The van der Waals surface area contributed by atoms with Crippen molar-refractivity contribution in [1.29, 1.82) is 0 Å². The van der Waals surface area contributed by atoms with Gasteiger partial charge in [-0.2, -0.15) is 0 Å². The van der Waals surface area contributed by atoms with Crippen LogP contribution in [0.5, 0.6) is 0 Å². The van der Waals surface area contributed by atoms with E-state index in [1.54, 1.807) is 6.33 Å². The average molecular weight is 353 g/mol. The summed E-state index contributed by atoms with van der Waals surface area (Å²) in [6.45, 7) is 0.456. The summed E-state index contributed by atoms with van der Waals surface area (Å²) in [5.41, 5.74) is 1.70. The first-order chi connectivity index (χ1) is 12.5. The van der Waals surface area contributed by atoms with E-state index in [1.807, 2.05) is 53.7 Å². The molecule has 1 aliphatic carbocycles. The smallest absolute Gasteiger partial charge is 0.251 e. The molecule has 7 nitrogen and oxygen atoms in total. The summed E-state index contributed by atoms with van der Waals surface area (Å²) in [6.07, 6.45) is 4.64. The van der Waals surface area contributed by atoms with Gasteiger partial charge in [-0.15, -0.1) is 10.2 Å². The van der Waals surface area contributed by atoms with Crippen molar-refractivity contribution in [3.05, 3.63) is 48.2 Å². The number of nitrogens with one attached hydrogen (secondary N) is 1. The van der Waals surface area contributed by atoms with Crippen LogP contribution in [-0.4, -0.2) is 43.0 Å². The minimum Gasteiger partial charge on any atom is -0.393 e. The number of carbonyl (C=O) groups excluding carboxylic acids is 1. The van der Waals surface area contributed by atoms with E-state index >= 15 is 0 Å². The van der Waals surface area contributed by atoms with Crippen LogP contribution >= 0.6 is 0 Å². The van der Waals surface area contributed by atoms with Crippen LogP contribution in [0, 0.1) is 5.92 Å². The Hall–Kier alpha value is -2.67. The second kappa shape index (κ2) is 6.57. The SMILES string of the molecule is Cn1cnnc1[C@H]1C[C@H](CNC(=O)c2cccc3c2ccn3C)[C@H](O)C1. The second-order valence-corrected chi connectivity index (χ2v) is 7.17. The number of amides is 1. The van der Waals surface area contributed by atoms with Crippen molar-refractivity contribution >= 4 is 16.8 Å². The summed E-state index contributed by atoms with van der Waals surface area (Å²) >= 11 is 0. The van der Waals surface area contributed by atoms with Crippen molar-refractivity contribution in [2.45, 2.75) is 24.9 Å². The van der Waals surface area contributed by atoms with E-state index in [9.17, 15) is 9.90 Å². The van der Waals surface area contributed by atoms with Gasteiger partial charge in [-0.05, 0) is 31.0 Å². The van der Waals surface area contributed by atoms with Crippen molar-refractivity contribution in [2.24, 2.45) is 20.0 Å². The van der Waals surface area contributed by atoms with Crippen LogP contribution in [-0.2, 0) is 14.1 Å². The molecule has 0 bridgehead atoms. The van der Waals surface area contributed by atoms with Gasteiger partial charge in [0.25, 0.3) is 5.91 Å². The second-order valence-electron chi connectivity index (χ2n) is 7.17. The lowest BCUT2D eigenvalue weighted by Crippen LogP contribution is -2.32. The predicted octanol–water partition coefficient (Wildman–Crippen LogP) is 1.59. The Morgan fingerprint density at radius 3 is 2.88 bits per heavy atom. The van der Waals surface area contributed by atoms with Crippen LogP contribution in [0.2, 0.25) is 0 Å². The van der Waals surface area contributed by atoms with Gasteiger partial charge >= 0.3 is 0 Å². The Labute approximate surface area is 151 Å². The molecule has 2 heterocycles. The van der Waals surface area contributed by atoms with E-state index in [1.165, 1.54) is 0 Å². The van der Waals surface area contributed by atoms with Gasteiger partial charge in [0.1, 0.15) is 12.2 Å². The number of rotatable bonds is 4. The number of hydrogen-bond donors (Lipinski definition) is 2. The Balaban J connectivity index is 1.44. The minimum absolute atomic E-state index is 0.0237. The van der Waals surface area contributed by atoms with Crippen LogP contribution in [0.1, 0.15) is 34.9 Å². The average Bonchev–Trinajstić information content (AvgIpc) is 3.32. The van der Waals surface area contributed by atoms with Gasteiger partial charge in [0.15, 0.2) is 0 Å². The molecule has 2 aromatic heterocycles. The molecule has 0 spiro atoms. The third-order valence-corrected chi connectivity index (χ3v) is 5.47. The van der Waals surface area contributed by atoms with Gasteiger partial charge in [-0.3, -0.25) is 4.79 Å². The molecule has 1 aromatic carbocycles. The van der Waals surface area contributed by atoms with Gasteiger partial charge in [0, 0.05) is 55.1 Å². The number of benzene rings is 1. The zero-order chi connectivity index (χ0) is 18.3. The topological polar surface area (TPSA) is 85.0 Å². The van der Waals surface area contributed by atoms with Gasteiger partial charge in [0.05, 0.1) is 6.10 Å². The first-order valence-electron chi connectivity index (χ1n) is 8.88. The number of aromatic nitrogens is 4. The third-order valence-electron chi connectivity index (χ3n) is 5.47. The van der Waals surface area contributed by atoms with Gasteiger partial charge in [-0.25, -0.2) is 0 Å². The highest BCUT2D eigenvalue weighted by Gasteiger charge is 2.36. The summed E-state index contributed by atoms with van der Waals surface area (Å²) in [5.74, 6) is 0.996. The number of fused-ring (bicyclic) bond motifs is 1. The molecule has 1 aliphatic rings. The van der Waals surface area contributed by atoms with Crippen LogP contribution in [0.25, 0.3) is 10.9 Å². The van der Waals surface area contributed by atoms with E-state index in [0.29, 0.717) is 18.5 Å². The summed E-state index contributed by atoms with van der Waals surface area (Å²) in [7, 11) is 3.88. The molecule has 3 aromatic rings. The fraction of sp³-hybridized carbons (Fsp3) is 0.421. The van der Waals surface area contributed by atoms with Crippen LogP contribution in [0.15, 0.2) is 36.8 Å². The van der Waals surface area contributed by atoms with Crippen molar-refractivity contribution in [3.63, 3.8) is 0 Å². The molecule has 136 valence electrons. The van der Waals surface area contributed by atoms with E-state index in [-0.39, 0.29) is 17.7 Å². The molecular weight excluding hydrogens is 330 g/mol. The molecule has 2 N–H and O–H groups in total. The fourth-order valence-corrected chi connectivity index (χ4v) is 4.01. The molecule has 1 fully saturated rings. The van der Waals surface area contributed by atoms with Crippen LogP contribution in [0.4, 0.5) is 0 Å². The number of nitrogens with zero attached hydrogens (tertiary/aromatic N) is 4.